The maximum Gasteiger partial charge on any atom is 0.119 e. The minimum absolute atomic E-state index is 0.910. The number of methoxy groups -OCH3 is 1. The van der Waals surface area contributed by atoms with Crippen LogP contribution >= 0.6 is 0 Å². The summed E-state index contributed by atoms with van der Waals surface area (Å²) in [6.07, 6.45) is 2.42. The number of ether oxygens (including phenoxy) is 1. The SMILES string of the molecule is COc1cccc(-c2ccc3c(c2)CCCN3C)c1. The number of anilines is 1. The van der Waals surface area contributed by atoms with Gasteiger partial charge >= 0.3 is 0 Å². The first-order valence-electron chi connectivity index (χ1n) is 6.76. The molecule has 2 heteroatoms. The van der Waals surface area contributed by atoms with Crippen LogP contribution in [0.5, 0.6) is 5.75 Å². The first kappa shape index (κ1) is 12.1. The molecule has 0 aliphatic carbocycles. The molecule has 1 aliphatic heterocycles. The third kappa shape index (κ3) is 2.30. The van der Waals surface area contributed by atoms with Crippen LogP contribution < -0.4 is 9.64 Å². The molecule has 3 rings (SSSR count). The van der Waals surface area contributed by atoms with Crippen molar-refractivity contribution < 1.29 is 4.74 Å². The van der Waals surface area contributed by atoms with E-state index in [1.54, 1.807) is 7.11 Å². The highest BCUT2D eigenvalue weighted by Gasteiger charge is 2.14. The van der Waals surface area contributed by atoms with E-state index in [1.807, 2.05) is 12.1 Å². The van der Waals surface area contributed by atoms with Crippen molar-refractivity contribution in [1.29, 1.82) is 0 Å². The summed E-state index contributed by atoms with van der Waals surface area (Å²) in [6.45, 7) is 1.16. The summed E-state index contributed by atoms with van der Waals surface area (Å²) in [5, 5.41) is 0. The number of aryl methyl sites for hydroxylation is 1. The lowest BCUT2D eigenvalue weighted by Gasteiger charge is -2.27. The van der Waals surface area contributed by atoms with Crippen molar-refractivity contribution >= 4 is 5.69 Å². The van der Waals surface area contributed by atoms with E-state index >= 15 is 0 Å². The van der Waals surface area contributed by atoms with E-state index in [9.17, 15) is 0 Å². The van der Waals surface area contributed by atoms with E-state index in [0.717, 1.165) is 12.3 Å². The van der Waals surface area contributed by atoms with E-state index in [0.29, 0.717) is 0 Å². The highest BCUT2D eigenvalue weighted by atomic mass is 16.5. The number of fused-ring (bicyclic) bond motifs is 1. The standard InChI is InChI=1S/C17H19NO/c1-18-10-4-6-15-11-14(8-9-17(15)18)13-5-3-7-16(12-13)19-2/h3,5,7-9,11-12H,4,6,10H2,1-2H3. The molecule has 2 aromatic carbocycles. The van der Waals surface area contributed by atoms with Gasteiger partial charge in [-0.25, -0.2) is 0 Å². The monoisotopic (exact) mass is 253 g/mol. The van der Waals surface area contributed by atoms with Gasteiger partial charge in [-0.3, -0.25) is 0 Å². The van der Waals surface area contributed by atoms with E-state index in [4.69, 9.17) is 4.74 Å². The Kier molecular flexibility index (Phi) is 3.16. The summed E-state index contributed by atoms with van der Waals surface area (Å²) in [4.78, 5) is 2.34. The molecular formula is C17H19NO. The third-order valence-electron chi connectivity index (χ3n) is 3.83. The minimum Gasteiger partial charge on any atom is -0.497 e. The average Bonchev–Trinajstić information content (AvgIpc) is 2.47. The molecular weight excluding hydrogens is 234 g/mol. The lowest BCUT2D eigenvalue weighted by atomic mass is 9.96. The minimum atomic E-state index is 0.910. The van der Waals surface area contributed by atoms with Crippen LogP contribution in [-0.2, 0) is 6.42 Å². The van der Waals surface area contributed by atoms with Crippen molar-refractivity contribution in [3.05, 3.63) is 48.0 Å². The van der Waals surface area contributed by atoms with Gasteiger partial charge in [0.05, 0.1) is 7.11 Å². The molecule has 0 atom stereocenters. The first-order valence-corrected chi connectivity index (χ1v) is 6.76. The summed E-state index contributed by atoms with van der Waals surface area (Å²) >= 11 is 0. The van der Waals surface area contributed by atoms with Gasteiger partial charge < -0.3 is 9.64 Å². The fourth-order valence-electron chi connectivity index (χ4n) is 2.77. The van der Waals surface area contributed by atoms with Crippen molar-refractivity contribution in [3.63, 3.8) is 0 Å². The van der Waals surface area contributed by atoms with Crippen LogP contribution in [0.25, 0.3) is 11.1 Å². The molecule has 0 saturated heterocycles. The van der Waals surface area contributed by atoms with Crippen LogP contribution in [0.3, 0.4) is 0 Å². The molecule has 0 amide bonds. The van der Waals surface area contributed by atoms with Crippen LogP contribution in [0, 0.1) is 0 Å². The molecule has 0 spiro atoms. The smallest absolute Gasteiger partial charge is 0.119 e. The molecule has 1 aliphatic rings. The molecule has 1 heterocycles. The fraction of sp³-hybridized carbons (Fsp3) is 0.294. The van der Waals surface area contributed by atoms with E-state index in [-0.39, 0.29) is 0 Å². The van der Waals surface area contributed by atoms with Crippen LogP contribution in [0.1, 0.15) is 12.0 Å². The van der Waals surface area contributed by atoms with Gasteiger partial charge in [0.2, 0.25) is 0 Å². The van der Waals surface area contributed by atoms with Gasteiger partial charge in [0.1, 0.15) is 5.75 Å². The molecule has 0 N–H and O–H groups in total. The van der Waals surface area contributed by atoms with Crippen molar-refractivity contribution in [3.8, 4) is 16.9 Å². The van der Waals surface area contributed by atoms with Gasteiger partial charge in [-0.15, -0.1) is 0 Å². The Morgan fingerprint density at radius 3 is 2.74 bits per heavy atom. The Balaban J connectivity index is 2.01. The molecule has 19 heavy (non-hydrogen) atoms. The van der Waals surface area contributed by atoms with Crippen LogP contribution in [0.4, 0.5) is 5.69 Å². The van der Waals surface area contributed by atoms with Crippen molar-refractivity contribution in [1.82, 2.24) is 0 Å². The van der Waals surface area contributed by atoms with Gasteiger partial charge in [0.25, 0.3) is 0 Å². The molecule has 2 aromatic rings. The van der Waals surface area contributed by atoms with Crippen LogP contribution in [-0.4, -0.2) is 20.7 Å². The van der Waals surface area contributed by atoms with Gasteiger partial charge in [-0.1, -0.05) is 18.2 Å². The molecule has 98 valence electrons. The number of benzene rings is 2. The van der Waals surface area contributed by atoms with Gasteiger partial charge in [-0.05, 0) is 53.8 Å². The van der Waals surface area contributed by atoms with Crippen molar-refractivity contribution in [2.24, 2.45) is 0 Å². The molecule has 0 bridgehead atoms. The lowest BCUT2D eigenvalue weighted by Crippen LogP contribution is -2.24. The van der Waals surface area contributed by atoms with E-state index in [2.05, 4.69) is 42.3 Å². The Labute approximate surface area is 114 Å². The predicted molar refractivity (Wildman–Crippen MR) is 80.0 cm³/mol. The molecule has 0 saturated carbocycles. The summed E-state index contributed by atoms with van der Waals surface area (Å²) in [6, 6.07) is 15.0. The predicted octanol–water partition coefficient (Wildman–Crippen LogP) is 3.74. The highest BCUT2D eigenvalue weighted by Crippen LogP contribution is 2.31. The lowest BCUT2D eigenvalue weighted by molar-refractivity contribution is 0.415. The molecule has 0 aromatic heterocycles. The summed E-state index contributed by atoms with van der Waals surface area (Å²) in [5.74, 6) is 0.910. The topological polar surface area (TPSA) is 12.5 Å². The van der Waals surface area contributed by atoms with Crippen molar-refractivity contribution in [2.45, 2.75) is 12.8 Å². The molecule has 0 unspecified atom stereocenters. The average molecular weight is 253 g/mol. The number of hydrogen-bond acceptors (Lipinski definition) is 2. The zero-order valence-electron chi connectivity index (χ0n) is 11.5. The first-order chi connectivity index (χ1) is 9.28. The maximum atomic E-state index is 5.30. The highest BCUT2D eigenvalue weighted by molar-refractivity contribution is 5.70. The van der Waals surface area contributed by atoms with Crippen LogP contribution in [0.2, 0.25) is 0 Å². The normalized spacial score (nSPS) is 14.1. The molecule has 0 fully saturated rings. The van der Waals surface area contributed by atoms with Crippen molar-refractivity contribution in [2.75, 3.05) is 25.6 Å². The summed E-state index contributed by atoms with van der Waals surface area (Å²) < 4.78 is 5.30. The Bertz CT molecular complexity index is 592. The fourth-order valence-corrected chi connectivity index (χ4v) is 2.77. The maximum absolute atomic E-state index is 5.30. The molecule has 2 nitrogen and oxygen atoms in total. The van der Waals surface area contributed by atoms with E-state index in [1.165, 1.54) is 35.2 Å². The second-order valence-corrected chi connectivity index (χ2v) is 5.10. The Morgan fingerprint density at radius 2 is 1.89 bits per heavy atom. The quantitative estimate of drug-likeness (QED) is 0.808. The summed E-state index contributed by atoms with van der Waals surface area (Å²) in [5.41, 5.74) is 5.32. The van der Waals surface area contributed by atoms with Gasteiger partial charge in [0, 0.05) is 19.3 Å². The third-order valence-corrected chi connectivity index (χ3v) is 3.83. The van der Waals surface area contributed by atoms with Gasteiger partial charge in [-0.2, -0.15) is 0 Å². The summed E-state index contributed by atoms with van der Waals surface area (Å²) in [7, 11) is 3.88. The zero-order valence-corrected chi connectivity index (χ0v) is 11.5. The van der Waals surface area contributed by atoms with E-state index < -0.39 is 0 Å². The Morgan fingerprint density at radius 1 is 1.05 bits per heavy atom. The molecule has 0 radical (unpaired) electrons. The Hall–Kier alpha value is -1.96. The second kappa shape index (κ2) is 4.96. The largest absolute Gasteiger partial charge is 0.497 e. The van der Waals surface area contributed by atoms with Crippen LogP contribution in [0.15, 0.2) is 42.5 Å². The number of hydrogen-bond donors (Lipinski definition) is 0. The second-order valence-electron chi connectivity index (χ2n) is 5.10. The zero-order chi connectivity index (χ0) is 13.2. The number of rotatable bonds is 2. The van der Waals surface area contributed by atoms with Gasteiger partial charge in [0.15, 0.2) is 0 Å². The number of nitrogens with zero attached hydrogens (tertiary/aromatic N) is 1.